The van der Waals surface area contributed by atoms with Gasteiger partial charge in [0.1, 0.15) is 12.1 Å². The fourth-order valence-corrected chi connectivity index (χ4v) is 1.75. The first-order valence-electron chi connectivity index (χ1n) is 7.39. The van der Waals surface area contributed by atoms with Crippen LogP contribution in [0.2, 0.25) is 0 Å². The minimum atomic E-state index is -0.983. The number of esters is 1. The molecule has 130 valence electrons. The van der Waals surface area contributed by atoms with Gasteiger partial charge in [-0.05, 0) is 19.3 Å². The summed E-state index contributed by atoms with van der Waals surface area (Å²) in [7, 11) is 0. The second-order valence-corrected chi connectivity index (χ2v) is 5.28. The lowest BCUT2D eigenvalue weighted by Crippen LogP contribution is -2.54. The van der Waals surface area contributed by atoms with Crippen LogP contribution in [0.25, 0.3) is 0 Å². The van der Waals surface area contributed by atoms with Crippen molar-refractivity contribution in [1.29, 1.82) is 0 Å². The normalized spacial score (nSPS) is 13.4. The molecule has 0 rings (SSSR count). The Morgan fingerprint density at radius 3 is 2.22 bits per heavy atom. The van der Waals surface area contributed by atoms with Crippen molar-refractivity contribution in [2.45, 2.75) is 46.2 Å². The lowest BCUT2D eigenvalue weighted by Gasteiger charge is -2.23. The number of carbonyl (C=O) groups is 4. The number of nitrogens with two attached hydrogens (primary N) is 1. The summed E-state index contributed by atoms with van der Waals surface area (Å²) in [5, 5.41) is 5.00. The van der Waals surface area contributed by atoms with Gasteiger partial charge in [0.25, 0.3) is 0 Å². The Labute approximate surface area is 135 Å². The first-order chi connectivity index (χ1) is 10.7. The Hall–Kier alpha value is -2.38. The number of primary amides is 1. The fraction of sp³-hybridized carbons (Fsp3) is 0.600. The van der Waals surface area contributed by atoms with E-state index in [0.717, 1.165) is 0 Å². The summed E-state index contributed by atoms with van der Waals surface area (Å²) in [6.07, 6.45) is 2.61. The highest BCUT2D eigenvalue weighted by Crippen LogP contribution is 2.04. The lowest BCUT2D eigenvalue weighted by molar-refractivity contribution is -0.137. The molecule has 0 fully saturated rings. The number of ether oxygens (including phenoxy) is 1. The number of nitrogens with one attached hydrogen (secondary N) is 2. The van der Waals surface area contributed by atoms with E-state index in [2.05, 4.69) is 10.6 Å². The van der Waals surface area contributed by atoms with Crippen LogP contribution < -0.4 is 16.4 Å². The molecule has 3 amide bonds. The Kier molecular flexibility index (Phi) is 9.29. The molecule has 0 aromatic rings. The molecule has 0 saturated carbocycles. The Bertz CT molecular complexity index is 474. The van der Waals surface area contributed by atoms with Crippen LogP contribution in [0.1, 0.15) is 34.1 Å². The van der Waals surface area contributed by atoms with E-state index in [1.807, 2.05) is 0 Å². The average Bonchev–Trinajstić information content (AvgIpc) is 2.43. The van der Waals surface area contributed by atoms with Crippen molar-refractivity contribution in [3.05, 3.63) is 12.2 Å². The summed E-state index contributed by atoms with van der Waals surface area (Å²) in [5.74, 6) is -2.31. The SMILES string of the molecule is CCOC(=O)/C=C/C[C@@H](NC(=O)[C@H](NC(C)=O)C(C)C)C(N)=O. The summed E-state index contributed by atoms with van der Waals surface area (Å²) in [5.41, 5.74) is 5.25. The third kappa shape index (κ3) is 8.60. The van der Waals surface area contributed by atoms with Gasteiger partial charge in [0, 0.05) is 13.0 Å². The van der Waals surface area contributed by atoms with Crippen molar-refractivity contribution in [3.63, 3.8) is 0 Å². The van der Waals surface area contributed by atoms with Crippen LogP contribution in [0.3, 0.4) is 0 Å². The summed E-state index contributed by atoms with van der Waals surface area (Å²) >= 11 is 0. The fourth-order valence-electron chi connectivity index (χ4n) is 1.75. The molecule has 0 bridgehead atoms. The van der Waals surface area contributed by atoms with Crippen molar-refractivity contribution in [3.8, 4) is 0 Å². The van der Waals surface area contributed by atoms with E-state index in [-0.39, 0.29) is 24.9 Å². The minimum absolute atomic E-state index is 0.0464. The van der Waals surface area contributed by atoms with Gasteiger partial charge in [0.15, 0.2) is 0 Å². The molecule has 0 unspecified atom stereocenters. The van der Waals surface area contributed by atoms with Crippen molar-refractivity contribution < 1.29 is 23.9 Å². The molecule has 0 heterocycles. The van der Waals surface area contributed by atoms with E-state index in [1.54, 1.807) is 20.8 Å². The highest BCUT2D eigenvalue weighted by Gasteiger charge is 2.26. The van der Waals surface area contributed by atoms with Crippen LogP contribution >= 0.6 is 0 Å². The zero-order chi connectivity index (χ0) is 18.0. The smallest absolute Gasteiger partial charge is 0.330 e. The van der Waals surface area contributed by atoms with E-state index in [0.29, 0.717) is 0 Å². The van der Waals surface area contributed by atoms with Crippen molar-refractivity contribution >= 4 is 23.7 Å². The third-order valence-corrected chi connectivity index (χ3v) is 2.88. The highest BCUT2D eigenvalue weighted by molar-refractivity contribution is 5.91. The molecule has 0 aromatic heterocycles. The number of carbonyl (C=O) groups excluding carboxylic acids is 4. The van der Waals surface area contributed by atoms with Crippen LogP contribution in [0.4, 0.5) is 0 Å². The molecule has 0 radical (unpaired) electrons. The maximum Gasteiger partial charge on any atom is 0.330 e. The monoisotopic (exact) mass is 327 g/mol. The summed E-state index contributed by atoms with van der Waals surface area (Å²) in [4.78, 5) is 45.9. The van der Waals surface area contributed by atoms with Gasteiger partial charge in [-0.15, -0.1) is 0 Å². The molecule has 0 aromatic carbocycles. The van der Waals surface area contributed by atoms with Gasteiger partial charge < -0.3 is 21.1 Å². The molecule has 0 saturated heterocycles. The summed E-state index contributed by atoms with van der Waals surface area (Å²) < 4.78 is 4.70. The van der Waals surface area contributed by atoms with Gasteiger partial charge in [0.2, 0.25) is 17.7 Å². The molecule has 8 heteroatoms. The Balaban J connectivity index is 4.79. The van der Waals surface area contributed by atoms with Crippen LogP contribution in [0, 0.1) is 5.92 Å². The van der Waals surface area contributed by atoms with E-state index < -0.39 is 29.9 Å². The molecule has 0 aliphatic heterocycles. The maximum atomic E-state index is 12.2. The predicted molar refractivity (Wildman–Crippen MR) is 84.0 cm³/mol. The molecular formula is C15H25N3O5. The van der Waals surface area contributed by atoms with Gasteiger partial charge >= 0.3 is 5.97 Å². The van der Waals surface area contributed by atoms with Gasteiger partial charge in [-0.2, -0.15) is 0 Å². The summed E-state index contributed by atoms with van der Waals surface area (Å²) in [6, 6.07) is -1.76. The first kappa shape index (κ1) is 20.6. The second kappa shape index (κ2) is 10.4. The Morgan fingerprint density at radius 2 is 1.78 bits per heavy atom. The largest absolute Gasteiger partial charge is 0.463 e. The second-order valence-electron chi connectivity index (χ2n) is 5.28. The number of rotatable bonds is 9. The van der Waals surface area contributed by atoms with Gasteiger partial charge in [-0.3, -0.25) is 14.4 Å². The molecule has 0 aliphatic rings. The van der Waals surface area contributed by atoms with Crippen molar-refractivity contribution in [2.75, 3.05) is 6.61 Å². The highest BCUT2D eigenvalue weighted by atomic mass is 16.5. The molecule has 0 spiro atoms. The third-order valence-electron chi connectivity index (χ3n) is 2.88. The van der Waals surface area contributed by atoms with E-state index in [9.17, 15) is 19.2 Å². The summed E-state index contributed by atoms with van der Waals surface area (Å²) in [6.45, 7) is 6.74. The zero-order valence-electron chi connectivity index (χ0n) is 13.9. The predicted octanol–water partition coefficient (Wildman–Crippen LogP) is -0.373. The molecule has 0 aliphatic carbocycles. The molecule has 8 nitrogen and oxygen atoms in total. The average molecular weight is 327 g/mol. The molecule has 4 N–H and O–H groups in total. The van der Waals surface area contributed by atoms with Crippen LogP contribution in [-0.4, -0.2) is 42.4 Å². The quantitative estimate of drug-likeness (QED) is 0.393. The number of hydrogen-bond donors (Lipinski definition) is 3. The molecule has 2 atom stereocenters. The zero-order valence-corrected chi connectivity index (χ0v) is 13.9. The molecular weight excluding hydrogens is 302 g/mol. The van der Waals surface area contributed by atoms with E-state index in [4.69, 9.17) is 10.5 Å². The van der Waals surface area contributed by atoms with Crippen molar-refractivity contribution in [2.24, 2.45) is 11.7 Å². The maximum absolute atomic E-state index is 12.2. The van der Waals surface area contributed by atoms with Gasteiger partial charge in [-0.1, -0.05) is 19.9 Å². The van der Waals surface area contributed by atoms with Gasteiger partial charge in [0.05, 0.1) is 6.61 Å². The van der Waals surface area contributed by atoms with Crippen LogP contribution in [0.15, 0.2) is 12.2 Å². The number of hydrogen-bond acceptors (Lipinski definition) is 5. The van der Waals surface area contributed by atoms with Crippen molar-refractivity contribution in [1.82, 2.24) is 10.6 Å². The lowest BCUT2D eigenvalue weighted by atomic mass is 10.0. The van der Waals surface area contributed by atoms with E-state index >= 15 is 0 Å². The number of amides is 3. The standard InChI is InChI=1S/C15H25N3O5/c1-5-23-12(20)8-6-7-11(14(16)21)18-15(22)13(9(2)3)17-10(4)19/h6,8-9,11,13H,5,7H2,1-4H3,(H2,16,21)(H,17,19)(H,18,22)/b8-6+/t11-,13-/m1/s1. The molecule has 23 heavy (non-hydrogen) atoms. The topological polar surface area (TPSA) is 128 Å². The van der Waals surface area contributed by atoms with Gasteiger partial charge in [-0.25, -0.2) is 4.79 Å². The van der Waals surface area contributed by atoms with Crippen LogP contribution in [0.5, 0.6) is 0 Å². The Morgan fingerprint density at radius 1 is 1.17 bits per heavy atom. The van der Waals surface area contributed by atoms with Crippen LogP contribution in [-0.2, 0) is 23.9 Å². The minimum Gasteiger partial charge on any atom is -0.463 e. The first-order valence-corrected chi connectivity index (χ1v) is 7.39. The van der Waals surface area contributed by atoms with E-state index in [1.165, 1.54) is 19.1 Å².